The zero-order valence-corrected chi connectivity index (χ0v) is 16.8. The van der Waals surface area contributed by atoms with Gasteiger partial charge in [0.1, 0.15) is 5.83 Å². The summed E-state index contributed by atoms with van der Waals surface area (Å²) in [7, 11) is -3.79. The van der Waals surface area contributed by atoms with E-state index in [1.807, 2.05) is 0 Å². The highest BCUT2D eigenvalue weighted by Crippen LogP contribution is 2.63. The Morgan fingerprint density at radius 3 is 2.27 bits per heavy atom. The average Bonchev–Trinajstić information content (AvgIpc) is 3.35. The summed E-state index contributed by atoms with van der Waals surface area (Å²) in [4.78, 5) is -0.514. The second-order valence-corrected chi connectivity index (χ2v) is 9.98. The van der Waals surface area contributed by atoms with Gasteiger partial charge >= 0.3 is 5.76 Å². The SMILES string of the molecule is COC1(F)C=C(F)C(C2=C(c3ccc(S(=O)(=O)C(F)F)cc3)CC3(CC3)C2)C=C1F. The standard InChI is InChI=1S/C21H19F5O3S/c1-29-21(26)11-17(22)14(8-18(21)23)16-10-20(6-7-20)9-15(16)12-2-4-13(5-3-12)30(27,28)19(24)25/h2-5,8,11,14,19H,6-7,9-10H2,1H3. The average molecular weight is 446 g/mol. The van der Waals surface area contributed by atoms with Crippen molar-refractivity contribution in [3.8, 4) is 0 Å². The number of rotatable bonds is 5. The molecule has 0 heterocycles. The van der Waals surface area contributed by atoms with Crippen molar-refractivity contribution < 1.29 is 35.1 Å². The van der Waals surface area contributed by atoms with Gasteiger partial charge in [0.05, 0.1) is 10.8 Å². The summed E-state index contributed by atoms with van der Waals surface area (Å²) in [5, 5.41) is 0. The lowest BCUT2D eigenvalue weighted by Crippen LogP contribution is -2.28. The molecule has 1 fully saturated rings. The molecule has 0 radical (unpaired) electrons. The molecule has 162 valence electrons. The Bertz CT molecular complexity index is 1070. The van der Waals surface area contributed by atoms with E-state index in [0.717, 1.165) is 38.2 Å². The number of ether oxygens (including phenoxy) is 1. The van der Waals surface area contributed by atoms with E-state index in [1.165, 1.54) is 12.1 Å². The smallest absolute Gasteiger partial charge is 0.341 e. The van der Waals surface area contributed by atoms with Crippen LogP contribution in [0.1, 0.15) is 31.2 Å². The molecule has 4 rings (SSSR count). The second kappa shape index (κ2) is 7.02. The van der Waals surface area contributed by atoms with E-state index in [4.69, 9.17) is 0 Å². The lowest BCUT2D eigenvalue weighted by molar-refractivity contribution is -0.0668. The molecule has 1 aromatic carbocycles. The first-order valence-electron chi connectivity index (χ1n) is 9.36. The van der Waals surface area contributed by atoms with Crippen LogP contribution in [0.15, 0.2) is 58.5 Å². The molecule has 3 aliphatic carbocycles. The number of hydrogen-bond donors (Lipinski definition) is 0. The lowest BCUT2D eigenvalue weighted by atomic mass is 9.87. The third-order valence-electron chi connectivity index (χ3n) is 6.16. The Kier molecular flexibility index (Phi) is 4.97. The van der Waals surface area contributed by atoms with Gasteiger partial charge in [-0.3, -0.25) is 0 Å². The molecular formula is C21H19F5O3S. The van der Waals surface area contributed by atoms with Crippen LogP contribution in [0.3, 0.4) is 0 Å². The first-order valence-corrected chi connectivity index (χ1v) is 10.9. The minimum atomic E-state index is -4.73. The van der Waals surface area contributed by atoms with Crippen molar-refractivity contribution in [3.05, 3.63) is 59.2 Å². The molecule has 0 bridgehead atoms. The lowest BCUT2D eigenvalue weighted by Gasteiger charge is -2.26. The molecule has 1 aromatic rings. The van der Waals surface area contributed by atoms with Crippen LogP contribution >= 0.6 is 0 Å². The van der Waals surface area contributed by atoms with Gasteiger partial charge < -0.3 is 4.74 Å². The first kappa shape index (κ1) is 21.2. The van der Waals surface area contributed by atoms with Crippen molar-refractivity contribution in [3.63, 3.8) is 0 Å². The van der Waals surface area contributed by atoms with Crippen molar-refractivity contribution >= 4 is 15.4 Å². The van der Waals surface area contributed by atoms with Crippen LogP contribution in [0.4, 0.5) is 22.0 Å². The van der Waals surface area contributed by atoms with Crippen molar-refractivity contribution in [2.45, 2.75) is 42.2 Å². The molecule has 0 amide bonds. The largest absolute Gasteiger partial charge is 0.341 e. The van der Waals surface area contributed by atoms with E-state index in [0.29, 0.717) is 35.6 Å². The molecule has 30 heavy (non-hydrogen) atoms. The molecule has 1 spiro atoms. The maximum absolute atomic E-state index is 14.8. The maximum atomic E-state index is 14.8. The van der Waals surface area contributed by atoms with Gasteiger partial charge in [-0.15, -0.1) is 0 Å². The number of halogens is 5. The topological polar surface area (TPSA) is 43.4 Å². The normalized spacial score (nSPS) is 28.2. The van der Waals surface area contributed by atoms with Gasteiger partial charge in [-0.1, -0.05) is 17.7 Å². The van der Waals surface area contributed by atoms with Crippen LogP contribution in [0, 0.1) is 11.3 Å². The minimum Gasteiger partial charge on any atom is -0.341 e. The van der Waals surface area contributed by atoms with E-state index in [1.54, 1.807) is 0 Å². The number of allylic oxidation sites excluding steroid dienone is 4. The van der Waals surface area contributed by atoms with Crippen molar-refractivity contribution in [2.24, 2.45) is 11.3 Å². The monoisotopic (exact) mass is 446 g/mol. The molecule has 0 saturated heterocycles. The van der Waals surface area contributed by atoms with E-state index in [9.17, 15) is 30.4 Å². The van der Waals surface area contributed by atoms with Gasteiger partial charge in [0.2, 0.25) is 9.84 Å². The molecule has 1 saturated carbocycles. The van der Waals surface area contributed by atoms with Crippen molar-refractivity contribution in [1.82, 2.24) is 0 Å². The number of sulfone groups is 1. The molecule has 0 N–H and O–H groups in total. The first-order chi connectivity index (χ1) is 14.0. The number of alkyl halides is 3. The van der Waals surface area contributed by atoms with Gasteiger partial charge in [-0.2, -0.15) is 13.2 Å². The van der Waals surface area contributed by atoms with Crippen molar-refractivity contribution in [1.29, 1.82) is 0 Å². The molecular weight excluding hydrogens is 427 g/mol. The molecule has 3 nitrogen and oxygen atoms in total. The van der Waals surface area contributed by atoms with Gasteiger partial charge in [-0.25, -0.2) is 17.2 Å². The van der Waals surface area contributed by atoms with Crippen LogP contribution in [0.2, 0.25) is 0 Å². The Balaban J connectivity index is 1.74. The highest BCUT2D eigenvalue weighted by molar-refractivity contribution is 7.91. The predicted octanol–water partition coefficient (Wildman–Crippen LogP) is 5.66. The number of hydrogen-bond acceptors (Lipinski definition) is 3. The summed E-state index contributed by atoms with van der Waals surface area (Å²) in [6, 6.07) is 4.96. The summed E-state index contributed by atoms with van der Waals surface area (Å²) in [6.07, 6.45) is 4.24. The van der Waals surface area contributed by atoms with Gasteiger partial charge in [0, 0.05) is 13.2 Å². The molecule has 0 aromatic heterocycles. The Morgan fingerprint density at radius 1 is 1.10 bits per heavy atom. The fourth-order valence-corrected chi connectivity index (χ4v) is 4.95. The van der Waals surface area contributed by atoms with Crippen LogP contribution in [0.25, 0.3) is 5.57 Å². The van der Waals surface area contributed by atoms with Crippen LogP contribution < -0.4 is 0 Å². The number of methoxy groups -OCH3 is 1. The van der Waals surface area contributed by atoms with Crippen molar-refractivity contribution in [2.75, 3.05) is 7.11 Å². The van der Waals surface area contributed by atoms with Gasteiger partial charge in [0.25, 0.3) is 5.85 Å². The third-order valence-corrected chi connectivity index (χ3v) is 7.56. The predicted molar refractivity (Wildman–Crippen MR) is 100 cm³/mol. The fourth-order valence-electron chi connectivity index (χ4n) is 4.22. The zero-order valence-electron chi connectivity index (χ0n) is 16.0. The van der Waals surface area contributed by atoms with E-state index in [2.05, 4.69) is 4.74 Å². The highest BCUT2D eigenvalue weighted by atomic mass is 32.2. The number of benzene rings is 1. The third kappa shape index (κ3) is 3.41. The summed E-state index contributed by atoms with van der Waals surface area (Å²) >= 11 is 0. The Morgan fingerprint density at radius 2 is 1.73 bits per heavy atom. The minimum absolute atomic E-state index is 0.0610. The second-order valence-electron chi connectivity index (χ2n) is 8.06. The van der Waals surface area contributed by atoms with Gasteiger partial charge in [0.15, 0.2) is 5.83 Å². The molecule has 2 unspecified atom stereocenters. The van der Waals surface area contributed by atoms with Crippen LogP contribution in [0.5, 0.6) is 0 Å². The van der Waals surface area contributed by atoms with Crippen LogP contribution in [-0.2, 0) is 14.6 Å². The van der Waals surface area contributed by atoms with Gasteiger partial charge in [-0.05, 0) is 60.4 Å². The Labute approximate surface area is 170 Å². The zero-order chi connectivity index (χ0) is 21.9. The fraction of sp³-hybridized carbons (Fsp3) is 0.429. The summed E-state index contributed by atoms with van der Waals surface area (Å²) in [6.45, 7) is 0. The summed E-state index contributed by atoms with van der Waals surface area (Å²) in [5.74, 6) is -9.68. The van der Waals surface area contributed by atoms with Crippen LogP contribution in [-0.4, -0.2) is 27.1 Å². The summed E-state index contributed by atoms with van der Waals surface area (Å²) in [5.41, 5.74) is 1.77. The van der Waals surface area contributed by atoms with E-state index >= 15 is 0 Å². The van der Waals surface area contributed by atoms with E-state index in [-0.39, 0.29) is 5.41 Å². The quantitative estimate of drug-likeness (QED) is 0.549. The molecule has 2 atom stereocenters. The summed E-state index contributed by atoms with van der Waals surface area (Å²) < 4.78 is 96.6. The Hall–Kier alpha value is -2.00. The molecule has 9 heteroatoms. The molecule has 3 aliphatic rings. The maximum Gasteiger partial charge on any atom is 0.341 e. The molecule has 0 aliphatic heterocycles. The highest BCUT2D eigenvalue weighted by Gasteiger charge is 2.51. The van der Waals surface area contributed by atoms with E-state index < -0.39 is 43.9 Å².